The third kappa shape index (κ3) is 3.84. The number of alkyl halides is 1. The van der Waals surface area contributed by atoms with Crippen LogP contribution in [0.15, 0.2) is 30.3 Å². The minimum atomic E-state index is -0.522. The lowest BCUT2D eigenvalue weighted by Gasteiger charge is -2.16. The van der Waals surface area contributed by atoms with Crippen LogP contribution in [0.25, 0.3) is 10.9 Å². The molecule has 0 unspecified atom stereocenters. The van der Waals surface area contributed by atoms with Gasteiger partial charge in [0.25, 0.3) is 0 Å². The second kappa shape index (κ2) is 8.39. The first-order valence-electron chi connectivity index (χ1n) is 8.61. The summed E-state index contributed by atoms with van der Waals surface area (Å²) in [6, 6.07) is 8.21. The number of methoxy groups -OCH3 is 1. The fourth-order valence-electron chi connectivity index (χ4n) is 2.91. The van der Waals surface area contributed by atoms with Gasteiger partial charge in [0, 0.05) is 29.7 Å². The molecule has 3 aromatic rings. The van der Waals surface area contributed by atoms with E-state index in [0.29, 0.717) is 46.1 Å². The van der Waals surface area contributed by atoms with Crippen LogP contribution in [0.2, 0.25) is 0 Å². The monoisotopic (exact) mass is 405 g/mol. The molecule has 0 radical (unpaired) electrons. The molecular weight excluding hydrogens is 385 g/mol. The molecule has 3 rings (SSSR count). The van der Waals surface area contributed by atoms with Gasteiger partial charge >= 0.3 is 0 Å². The molecule has 0 aliphatic carbocycles. The number of aryl methyl sites for hydroxylation is 1. The molecule has 0 saturated carbocycles. The zero-order valence-electron chi connectivity index (χ0n) is 15.8. The minimum absolute atomic E-state index is 0.0278. The van der Waals surface area contributed by atoms with E-state index in [4.69, 9.17) is 31.2 Å². The van der Waals surface area contributed by atoms with Crippen molar-refractivity contribution < 1.29 is 18.6 Å². The van der Waals surface area contributed by atoms with Crippen LogP contribution >= 0.6 is 11.6 Å². The summed E-state index contributed by atoms with van der Waals surface area (Å²) < 4.78 is 31.2. The number of nitrogens with one attached hydrogen (secondary N) is 3. The number of hydrogen-bond donors (Lipinski definition) is 3. The zero-order chi connectivity index (χ0) is 20.3. The summed E-state index contributed by atoms with van der Waals surface area (Å²) in [5, 5.41) is 11.8. The van der Waals surface area contributed by atoms with Gasteiger partial charge in [0.1, 0.15) is 6.61 Å². The van der Waals surface area contributed by atoms with Crippen LogP contribution in [0.4, 0.5) is 10.1 Å². The Morgan fingerprint density at radius 1 is 1.21 bits per heavy atom. The lowest BCUT2D eigenvalue weighted by Crippen LogP contribution is -2.13. The van der Waals surface area contributed by atoms with Gasteiger partial charge in [-0.15, -0.1) is 11.6 Å². The molecule has 0 bridgehead atoms. The Hall–Kier alpha value is -2.93. The SMILES string of the molecule is CNc1cc(OCCCl)c(OC)cc1C(=N)Oc1ccc2[nH]c(C)cc2c1F. The van der Waals surface area contributed by atoms with E-state index in [1.54, 1.807) is 31.3 Å². The molecule has 28 heavy (non-hydrogen) atoms. The van der Waals surface area contributed by atoms with Gasteiger partial charge in [0.05, 0.1) is 24.2 Å². The molecule has 1 aromatic heterocycles. The molecule has 3 N–H and O–H groups in total. The van der Waals surface area contributed by atoms with Crippen molar-refractivity contribution in [3.63, 3.8) is 0 Å². The fraction of sp³-hybridized carbons (Fsp3) is 0.250. The Balaban J connectivity index is 1.94. The van der Waals surface area contributed by atoms with Gasteiger partial charge in [-0.2, -0.15) is 0 Å². The molecule has 148 valence electrons. The number of fused-ring (bicyclic) bond motifs is 1. The molecule has 0 aliphatic rings. The molecule has 8 heteroatoms. The van der Waals surface area contributed by atoms with Crippen molar-refractivity contribution in [3.8, 4) is 17.2 Å². The zero-order valence-corrected chi connectivity index (χ0v) is 16.5. The molecule has 0 fully saturated rings. The Labute approximate surface area is 167 Å². The van der Waals surface area contributed by atoms with E-state index in [2.05, 4.69) is 10.3 Å². The first-order valence-corrected chi connectivity index (χ1v) is 9.15. The van der Waals surface area contributed by atoms with Gasteiger partial charge in [-0.25, -0.2) is 4.39 Å². The molecule has 0 atom stereocenters. The number of ether oxygens (including phenoxy) is 3. The van der Waals surface area contributed by atoms with Crippen molar-refractivity contribution in [1.29, 1.82) is 5.41 Å². The highest BCUT2D eigenvalue weighted by molar-refractivity contribution is 6.18. The van der Waals surface area contributed by atoms with E-state index in [1.807, 2.05) is 6.92 Å². The van der Waals surface area contributed by atoms with Crippen molar-refractivity contribution in [2.24, 2.45) is 0 Å². The first-order chi connectivity index (χ1) is 13.5. The molecule has 0 saturated heterocycles. The Morgan fingerprint density at radius 2 is 2.00 bits per heavy atom. The van der Waals surface area contributed by atoms with Gasteiger partial charge < -0.3 is 24.5 Å². The van der Waals surface area contributed by atoms with Crippen molar-refractivity contribution in [2.75, 3.05) is 32.0 Å². The lowest BCUT2D eigenvalue weighted by atomic mass is 10.1. The van der Waals surface area contributed by atoms with Gasteiger partial charge in [0.15, 0.2) is 23.1 Å². The van der Waals surface area contributed by atoms with Crippen LogP contribution < -0.4 is 19.5 Å². The highest BCUT2D eigenvalue weighted by atomic mass is 35.5. The second-order valence-electron chi connectivity index (χ2n) is 6.06. The van der Waals surface area contributed by atoms with E-state index in [9.17, 15) is 4.39 Å². The number of aromatic nitrogens is 1. The molecular formula is C20H21ClFN3O3. The Kier molecular flexibility index (Phi) is 5.94. The summed E-state index contributed by atoms with van der Waals surface area (Å²) in [6.07, 6.45) is 0. The van der Waals surface area contributed by atoms with Crippen LogP contribution in [-0.4, -0.2) is 37.5 Å². The second-order valence-corrected chi connectivity index (χ2v) is 6.44. The van der Waals surface area contributed by atoms with Gasteiger partial charge in [-0.3, -0.25) is 5.41 Å². The van der Waals surface area contributed by atoms with Gasteiger partial charge in [0.2, 0.25) is 5.90 Å². The Morgan fingerprint density at radius 3 is 2.68 bits per heavy atom. The van der Waals surface area contributed by atoms with Crippen molar-refractivity contribution in [1.82, 2.24) is 4.98 Å². The van der Waals surface area contributed by atoms with E-state index in [-0.39, 0.29) is 11.6 Å². The lowest BCUT2D eigenvalue weighted by molar-refractivity contribution is 0.313. The fourth-order valence-corrected chi connectivity index (χ4v) is 2.98. The summed E-state index contributed by atoms with van der Waals surface area (Å²) >= 11 is 5.68. The van der Waals surface area contributed by atoms with Crippen molar-refractivity contribution in [3.05, 3.63) is 47.4 Å². The third-order valence-corrected chi connectivity index (χ3v) is 4.36. The number of rotatable bonds is 7. The average Bonchev–Trinajstić information content (AvgIpc) is 3.08. The van der Waals surface area contributed by atoms with Gasteiger partial charge in [-0.05, 0) is 31.2 Å². The van der Waals surface area contributed by atoms with E-state index < -0.39 is 5.82 Å². The van der Waals surface area contributed by atoms with Crippen molar-refractivity contribution >= 4 is 34.1 Å². The predicted molar refractivity (Wildman–Crippen MR) is 109 cm³/mol. The molecule has 6 nitrogen and oxygen atoms in total. The van der Waals surface area contributed by atoms with E-state index in [1.165, 1.54) is 13.2 Å². The standard InChI is InChI=1S/C20H21ClFN3O3/c1-11-8-12-14(25-11)4-5-16(19(12)22)28-20(23)13-9-17(26-3)18(27-7-6-21)10-15(13)24-2/h4-5,8-10,23-25H,6-7H2,1-3H3. The van der Waals surface area contributed by atoms with E-state index >= 15 is 0 Å². The van der Waals surface area contributed by atoms with Crippen LogP contribution in [-0.2, 0) is 0 Å². The average molecular weight is 406 g/mol. The molecule has 0 spiro atoms. The Bertz CT molecular complexity index is 1020. The number of aromatic amines is 1. The summed E-state index contributed by atoms with van der Waals surface area (Å²) in [6.45, 7) is 2.16. The van der Waals surface area contributed by atoms with Crippen LogP contribution in [0.5, 0.6) is 17.2 Å². The molecule has 2 aromatic carbocycles. The smallest absolute Gasteiger partial charge is 0.221 e. The highest BCUT2D eigenvalue weighted by Crippen LogP contribution is 2.35. The molecule has 0 aliphatic heterocycles. The largest absolute Gasteiger partial charge is 0.493 e. The van der Waals surface area contributed by atoms with Gasteiger partial charge in [-0.1, -0.05) is 0 Å². The highest BCUT2D eigenvalue weighted by Gasteiger charge is 2.18. The molecule has 1 heterocycles. The number of halogens is 2. The third-order valence-electron chi connectivity index (χ3n) is 4.20. The summed E-state index contributed by atoms with van der Waals surface area (Å²) in [7, 11) is 3.21. The number of H-pyrrole nitrogens is 1. The predicted octanol–water partition coefficient (Wildman–Crippen LogP) is 4.69. The summed E-state index contributed by atoms with van der Waals surface area (Å²) in [5.41, 5.74) is 2.50. The quantitative estimate of drug-likeness (QED) is 0.303. The number of anilines is 1. The summed E-state index contributed by atoms with van der Waals surface area (Å²) in [5.74, 6) is 0.465. The maximum absolute atomic E-state index is 14.8. The first kappa shape index (κ1) is 19.8. The number of benzene rings is 2. The maximum atomic E-state index is 14.8. The van der Waals surface area contributed by atoms with Crippen LogP contribution in [0.1, 0.15) is 11.3 Å². The minimum Gasteiger partial charge on any atom is -0.493 e. The van der Waals surface area contributed by atoms with Crippen LogP contribution in [0.3, 0.4) is 0 Å². The number of hydrogen-bond acceptors (Lipinski definition) is 5. The normalized spacial score (nSPS) is 10.8. The topological polar surface area (TPSA) is 79.4 Å². The van der Waals surface area contributed by atoms with E-state index in [0.717, 1.165) is 5.69 Å². The van der Waals surface area contributed by atoms with Crippen LogP contribution in [0, 0.1) is 18.2 Å². The maximum Gasteiger partial charge on any atom is 0.221 e. The molecule has 0 amide bonds. The van der Waals surface area contributed by atoms with Crippen molar-refractivity contribution in [2.45, 2.75) is 6.92 Å². The summed E-state index contributed by atoms with van der Waals surface area (Å²) in [4.78, 5) is 3.07.